The molecular formula is C30H33BFN3O5. The standard InChI is InChI=1S/C30H33BFN3O5/c1-17(2)26(33)30(37)40-28(31)21-5-4-12-34-27(21)20-9-11-24(39-16-18-6-7-18)22(14-20)29(36)35-15-19-8-10-25(38-3)23(32)13-19/h4-5,8-14,17-18,26,28H,6-7,15-16,33H2,1-3H3,(H,35,36)/t26-,28?/m0/s1. The third kappa shape index (κ3) is 7.18. The largest absolute Gasteiger partial charge is 0.494 e. The van der Waals surface area contributed by atoms with Crippen molar-refractivity contribution in [1.29, 1.82) is 0 Å². The first-order valence-electron chi connectivity index (χ1n) is 13.2. The Hall–Kier alpha value is -3.92. The molecule has 0 bridgehead atoms. The van der Waals surface area contributed by atoms with Crippen molar-refractivity contribution in [1.82, 2.24) is 10.3 Å². The van der Waals surface area contributed by atoms with Crippen molar-refractivity contribution >= 4 is 19.7 Å². The topological polar surface area (TPSA) is 113 Å². The van der Waals surface area contributed by atoms with Crippen LogP contribution in [0.15, 0.2) is 54.7 Å². The third-order valence-electron chi connectivity index (χ3n) is 6.72. The summed E-state index contributed by atoms with van der Waals surface area (Å²) in [6.07, 6.45) is 3.77. The van der Waals surface area contributed by atoms with E-state index in [0.29, 0.717) is 40.7 Å². The molecule has 8 nitrogen and oxygen atoms in total. The van der Waals surface area contributed by atoms with E-state index in [1.54, 1.807) is 42.6 Å². The lowest BCUT2D eigenvalue weighted by molar-refractivity contribution is -0.148. The van der Waals surface area contributed by atoms with Gasteiger partial charge in [-0.25, -0.2) is 4.39 Å². The normalized spacial score (nSPS) is 14.3. The number of rotatable bonds is 12. The van der Waals surface area contributed by atoms with E-state index in [0.717, 1.165) is 12.8 Å². The highest BCUT2D eigenvalue weighted by Crippen LogP contribution is 2.33. The molecule has 0 saturated heterocycles. The van der Waals surface area contributed by atoms with Gasteiger partial charge in [0.25, 0.3) is 5.91 Å². The molecule has 1 fully saturated rings. The predicted molar refractivity (Wildman–Crippen MR) is 149 cm³/mol. The van der Waals surface area contributed by atoms with E-state index in [-0.39, 0.29) is 23.8 Å². The van der Waals surface area contributed by atoms with Crippen molar-refractivity contribution in [3.63, 3.8) is 0 Å². The highest BCUT2D eigenvalue weighted by molar-refractivity contribution is 6.12. The maximum atomic E-state index is 14.1. The van der Waals surface area contributed by atoms with E-state index in [4.69, 9.17) is 27.8 Å². The Morgan fingerprint density at radius 1 is 1.15 bits per heavy atom. The van der Waals surface area contributed by atoms with E-state index in [1.165, 1.54) is 19.2 Å². The van der Waals surface area contributed by atoms with Crippen LogP contribution in [0.4, 0.5) is 4.39 Å². The van der Waals surface area contributed by atoms with Gasteiger partial charge < -0.3 is 25.3 Å². The van der Waals surface area contributed by atoms with Gasteiger partial charge in [0.15, 0.2) is 11.6 Å². The van der Waals surface area contributed by atoms with Gasteiger partial charge in [0.1, 0.15) is 19.6 Å². The van der Waals surface area contributed by atoms with E-state index in [2.05, 4.69) is 10.3 Å². The summed E-state index contributed by atoms with van der Waals surface area (Å²) in [5.74, 6) is -0.628. The van der Waals surface area contributed by atoms with Crippen LogP contribution in [0.5, 0.6) is 11.5 Å². The Morgan fingerprint density at radius 3 is 2.58 bits per heavy atom. The molecule has 2 atom stereocenters. The summed E-state index contributed by atoms with van der Waals surface area (Å²) < 4.78 is 30.5. The monoisotopic (exact) mass is 545 g/mol. The van der Waals surface area contributed by atoms with Gasteiger partial charge in [0.05, 0.1) is 31.0 Å². The molecule has 10 heteroatoms. The number of hydrogen-bond donors (Lipinski definition) is 2. The second-order valence-corrected chi connectivity index (χ2v) is 10.2. The summed E-state index contributed by atoms with van der Waals surface area (Å²) in [5.41, 5.74) is 8.26. The summed E-state index contributed by atoms with van der Waals surface area (Å²) in [6, 6.07) is 11.1. The second kappa shape index (κ2) is 13.0. The molecule has 2 radical (unpaired) electrons. The van der Waals surface area contributed by atoms with Crippen LogP contribution in [0.3, 0.4) is 0 Å². The Bertz CT molecular complexity index is 1360. The zero-order valence-corrected chi connectivity index (χ0v) is 22.9. The van der Waals surface area contributed by atoms with E-state index < -0.39 is 29.7 Å². The highest BCUT2D eigenvalue weighted by atomic mass is 19.1. The summed E-state index contributed by atoms with van der Waals surface area (Å²) in [6.45, 7) is 4.24. The Balaban J connectivity index is 1.60. The molecule has 1 heterocycles. The average molecular weight is 545 g/mol. The van der Waals surface area contributed by atoms with Crippen molar-refractivity contribution in [2.45, 2.75) is 45.3 Å². The molecule has 1 unspecified atom stereocenters. The van der Waals surface area contributed by atoms with Crippen LogP contribution in [-0.4, -0.2) is 44.5 Å². The van der Waals surface area contributed by atoms with Gasteiger partial charge in [0.2, 0.25) is 0 Å². The molecule has 0 spiro atoms. The number of esters is 1. The number of carbonyl (C=O) groups excluding carboxylic acids is 2. The molecule has 1 aliphatic carbocycles. The molecule has 1 saturated carbocycles. The Morgan fingerprint density at radius 2 is 1.90 bits per heavy atom. The first kappa shape index (κ1) is 29.1. The maximum Gasteiger partial charge on any atom is 0.322 e. The van der Waals surface area contributed by atoms with Gasteiger partial charge in [0, 0.05) is 23.9 Å². The van der Waals surface area contributed by atoms with Crippen LogP contribution < -0.4 is 20.5 Å². The zero-order valence-electron chi connectivity index (χ0n) is 22.9. The van der Waals surface area contributed by atoms with Crippen LogP contribution in [0.25, 0.3) is 11.3 Å². The van der Waals surface area contributed by atoms with E-state index >= 15 is 0 Å². The first-order chi connectivity index (χ1) is 19.2. The van der Waals surface area contributed by atoms with Gasteiger partial charge in [-0.15, -0.1) is 0 Å². The number of nitrogens with zero attached hydrogens (tertiary/aromatic N) is 1. The van der Waals surface area contributed by atoms with Crippen molar-refractivity contribution in [2.75, 3.05) is 13.7 Å². The maximum absolute atomic E-state index is 14.1. The lowest BCUT2D eigenvalue weighted by Crippen LogP contribution is -2.37. The van der Waals surface area contributed by atoms with Crippen LogP contribution in [0, 0.1) is 17.7 Å². The van der Waals surface area contributed by atoms with Gasteiger partial charge in [-0.3, -0.25) is 14.6 Å². The molecular weight excluding hydrogens is 512 g/mol. The lowest BCUT2D eigenvalue weighted by Gasteiger charge is -2.21. The SMILES string of the molecule is [B]C(OC(=O)[C@@H](N)C(C)C)c1cccnc1-c1ccc(OCC2CC2)c(C(=O)NCc2ccc(OC)c(F)c2)c1. The smallest absolute Gasteiger partial charge is 0.322 e. The average Bonchev–Trinajstić information content (AvgIpc) is 3.79. The number of nitrogens with two attached hydrogens (primary N) is 1. The van der Waals surface area contributed by atoms with Crippen LogP contribution in [-0.2, 0) is 16.1 Å². The van der Waals surface area contributed by atoms with Crippen molar-refractivity contribution in [3.8, 4) is 22.8 Å². The van der Waals surface area contributed by atoms with Crippen LogP contribution in [0.1, 0.15) is 54.2 Å². The molecule has 40 heavy (non-hydrogen) atoms. The minimum atomic E-state index is -1.12. The van der Waals surface area contributed by atoms with Crippen LogP contribution >= 0.6 is 0 Å². The summed E-state index contributed by atoms with van der Waals surface area (Å²) in [7, 11) is 7.64. The number of halogens is 1. The predicted octanol–water partition coefficient (Wildman–Crippen LogP) is 4.31. The fraction of sp³-hybridized carbons (Fsp3) is 0.367. The summed E-state index contributed by atoms with van der Waals surface area (Å²) in [5, 5.41) is 2.83. The van der Waals surface area contributed by atoms with Gasteiger partial charge in [-0.2, -0.15) is 0 Å². The number of carbonyl (C=O) groups is 2. The molecule has 4 rings (SSSR count). The molecule has 0 aliphatic heterocycles. The number of aromatic nitrogens is 1. The minimum Gasteiger partial charge on any atom is -0.494 e. The molecule has 1 amide bonds. The van der Waals surface area contributed by atoms with Gasteiger partial charge in [-0.1, -0.05) is 26.0 Å². The van der Waals surface area contributed by atoms with Crippen molar-refractivity contribution < 1.29 is 28.2 Å². The quantitative estimate of drug-likeness (QED) is 0.258. The second-order valence-electron chi connectivity index (χ2n) is 10.2. The summed E-state index contributed by atoms with van der Waals surface area (Å²) in [4.78, 5) is 30.3. The van der Waals surface area contributed by atoms with Crippen molar-refractivity contribution in [3.05, 3.63) is 77.2 Å². The number of ether oxygens (including phenoxy) is 3. The number of pyridine rings is 1. The molecule has 208 valence electrons. The minimum absolute atomic E-state index is 0.0950. The molecule has 3 N–H and O–H groups in total. The Labute approximate surface area is 234 Å². The number of hydrogen-bond acceptors (Lipinski definition) is 7. The molecule has 2 aromatic carbocycles. The Kier molecular flexibility index (Phi) is 9.42. The van der Waals surface area contributed by atoms with E-state index in [1.807, 2.05) is 13.8 Å². The van der Waals surface area contributed by atoms with Gasteiger partial charge in [-0.05, 0) is 66.6 Å². The van der Waals surface area contributed by atoms with Crippen LogP contribution in [0.2, 0.25) is 0 Å². The fourth-order valence-electron chi connectivity index (χ4n) is 4.00. The van der Waals surface area contributed by atoms with Crippen molar-refractivity contribution in [2.24, 2.45) is 17.6 Å². The van der Waals surface area contributed by atoms with Gasteiger partial charge >= 0.3 is 5.97 Å². The third-order valence-corrected chi connectivity index (χ3v) is 6.72. The summed E-state index contributed by atoms with van der Waals surface area (Å²) >= 11 is 0. The molecule has 1 aliphatic rings. The molecule has 3 aromatic rings. The fourth-order valence-corrected chi connectivity index (χ4v) is 4.00. The first-order valence-corrected chi connectivity index (χ1v) is 13.2. The number of methoxy groups -OCH3 is 1. The van der Waals surface area contributed by atoms with E-state index in [9.17, 15) is 14.0 Å². The number of nitrogens with one attached hydrogen (secondary N) is 1. The molecule has 1 aromatic heterocycles. The number of amides is 1. The lowest BCUT2D eigenvalue weighted by atomic mass is 9.88. The number of benzene rings is 2. The highest BCUT2D eigenvalue weighted by Gasteiger charge is 2.25. The zero-order chi connectivity index (χ0) is 28.8.